The summed E-state index contributed by atoms with van der Waals surface area (Å²) in [6, 6.07) is 3.95. The number of carboxylic acids is 1. The fraction of sp³-hybridized carbons (Fsp3) is 0.200. The van der Waals surface area contributed by atoms with Crippen molar-refractivity contribution in [2.45, 2.75) is 20.8 Å². The lowest BCUT2D eigenvalue weighted by atomic mass is 10.1. The van der Waals surface area contributed by atoms with E-state index in [1.807, 2.05) is 26.8 Å². The number of carbonyl (C=O) groups is 1. The maximum Gasteiger partial charge on any atom is 0.358 e. The van der Waals surface area contributed by atoms with Crippen LogP contribution in [0.4, 0.5) is 0 Å². The predicted octanol–water partition coefficient (Wildman–Crippen LogP) is 3.81. The van der Waals surface area contributed by atoms with Gasteiger partial charge in [0, 0.05) is 11.6 Å². The third-order valence-electron chi connectivity index (χ3n) is 3.40. The number of hydrogen-bond donors (Lipinski definition) is 1. The average Bonchev–Trinajstić information content (AvgIpc) is 2.94. The number of aryl methyl sites for hydroxylation is 2. The highest BCUT2D eigenvalue weighted by Gasteiger charge is 2.22. The van der Waals surface area contributed by atoms with Gasteiger partial charge >= 0.3 is 5.97 Å². The summed E-state index contributed by atoms with van der Waals surface area (Å²) in [5.74, 6) is -0.291. The number of aromatic nitrogens is 2. The Labute approximate surface area is 125 Å². The first-order valence-electron chi connectivity index (χ1n) is 6.42. The molecular weight excluding hydrogens is 288 g/mol. The molecule has 0 aliphatic carbocycles. The summed E-state index contributed by atoms with van der Waals surface area (Å²) in [5, 5.41) is 11.2. The monoisotopic (exact) mass is 302 g/mol. The third kappa shape index (κ3) is 2.27. The lowest BCUT2D eigenvalue weighted by Gasteiger charge is -2.10. The van der Waals surface area contributed by atoms with Crippen LogP contribution in [0.1, 0.15) is 27.2 Å². The number of thiazole rings is 1. The van der Waals surface area contributed by atoms with Crippen LogP contribution in [-0.2, 0) is 0 Å². The van der Waals surface area contributed by atoms with Gasteiger partial charge in [0.2, 0.25) is 0 Å². The largest absolute Gasteiger partial charge is 0.476 e. The molecule has 3 aromatic rings. The molecule has 2 aromatic heterocycles. The third-order valence-corrected chi connectivity index (χ3v) is 4.16. The summed E-state index contributed by atoms with van der Waals surface area (Å²) in [6.07, 6.45) is 1.68. The Kier molecular flexibility index (Phi) is 3.17. The van der Waals surface area contributed by atoms with Crippen LogP contribution in [0, 0.1) is 20.8 Å². The standard InChI is InChI=1S/C15H14N2O3S/c1-8-6-9(2)10(3)11(7-8)20-13-12(14(18)19)17-4-5-21-15(17)16-13/h4-7H,1-3H3,(H,18,19). The van der Waals surface area contributed by atoms with E-state index < -0.39 is 5.97 Å². The van der Waals surface area contributed by atoms with Crippen LogP contribution >= 0.6 is 11.3 Å². The maximum atomic E-state index is 11.5. The Hall–Kier alpha value is -2.34. The highest BCUT2D eigenvalue weighted by atomic mass is 32.1. The first-order valence-corrected chi connectivity index (χ1v) is 7.30. The van der Waals surface area contributed by atoms with Crippen molar-refractivity contribution in [3.63, 3.8) is 0 Å². The molecule has 6 heteroatoms. The molecule has 0 aliphatic heterocycles. The molecule has 1 aromatic carbocycles. The summed E-state index contributed by atoms with van der Waals surface area (Å²) < 4.78 is 7.33. The zero-order chi connectivity index (χ0) is 15.1. The predicted molar refractivity (Wildman–Crippen MR) is 80.8 cm³/mol. The SMILES string of the molecule is Cc1cc(C)c(C)c(Oc2nc3sccn3c2C(=O)O)c1. The van der Waals surface area contributed by atoms with Gasteiger partial charge in [-0.05, 0) is 43.5 Å². The Morgan fingerprint density at radius 2 is 2.10 bits per heavy atom. The highest BCUT2D eigenvalue weighted by molar-refractivity contribution is 7.15. The molecule has 2 heterocycles. The van der Waals surface area contributed by atoms with Gasteiger partial charge in [-0.25, -0.2) is 4.79 Å². The van der Waals surface area contributed by atoms with E-state index in [1.165, 1.54) is 15.7 Å². The average molecular weight is 302 g/mol. The van der Waals surface area contributed by atoms with Crippen molar-refractivity contribution in [3.8, 4) is 11.6 Å². The van der Waals surface area contributed by atoms with Gasteiger partial charge in [-0.2, -0.15) is 4.98 Å². The van der Waals surface area contributed by atoms with Crippen LogP contribution in [0.15, 0.2) is 23.7 Å². The van der Waals surface area contributed by atoms with E-state index >= 15 is 0 Å². The van der Waals surface area contributed by atoms with Gasteiger partial charge in [0.05, 0.1) is 0 Å². The van der Waals surface area contributed by atoms with E-state index in [0.29, 0.717) is 10.7 Å². The quantitative estimate of drug-likeness (QED) is 0.799. The van der Waals surface area contributed by atoms with Crippen LogP contribution in [0.2, 0.25) is 0 Å². The zero-order valence-corrected chi connectivity index (χ0v) is 12.7. The number of ether oxygens (including phenoxy) is 1. The lowest BCUT2D eigenvalue weighted by molar-refractivity contribution is 0.0686. The molecule has 0 saturated heterocycles. The van der Waals surface area contributed by atoms with Crippen LogP contribution in [-0.4, -0.2) is 20.5 Å². The Morgan fingerprint density at radius 1 is 1.33 bits per heavy atom. The molecule has 0 aliphatic rings. The topological polar surface area (TPSA) is 63.8 Å². The van der Waals surface area contributed by atoms with Crippen molar-refractivity contribution in [2.24, 2.45) is 0 Å². The van der Waals surface area contributed by atoms with Crippen LogP contribution in [0.25, 0.3) is 4.96 Å². The van der Waals surface area contributed by atoms with Crippen molar-refractivity contribution in [1.82, 2.24) is 9.38 Å². The summed E-state index contributed by atoms with van der Waals surface area (Å²) in [6.45, 7) is 5.92. The fourth-order valence-electron chi connectivity index (χ4n) is 2.24. The fourth-order valence-corrected chi connectivity index (χ4v) is 2.95. The normalized spacial score (nSPS) is 11.0. The van der Waals surface area contributed by atoms with Gasteiger partial charge in [0.1, 0.15) is 5.75 Å². The number of aromatic carboxylic acids is 1. The van der Waals surface area contributed by atoms with Crippen molar-refractivity contribution >= 4 is 22.3 Å². The van der Waals surface area contributed by atoms with Gasteiger partial charge in [-0.1, -0.05) is 6.07 Å². The molecule has 0 unspecified atom stereocenters. The van der Waals surface area contributed by atoms with Gasteiger partial charge in [0.25, 0.3) is 5.88 Å². The van der Waals surface area contributed by atoms with E-state index in [-0.39, 0.29) is 11.6 Å². The first-order chi connectivity index (χ1) is 9.97. The molecule has 1 N–H and O–H groups in total. The summed E-state index contributed by atoms with van der Waals surface area (Å²) >= 11 is 1.37. The molecular formula is C15H14N2O3S. The molecule has 21 heavy (non-hydrogen) atoms. The molecule has 0 saturated carbocycles. The van der Waals surface area contributed by atoms with Crippen LogP contribution < -0.4 is 4.74 Å². The molecule has 0 spiro atoms. The van der Waals surface area contributed by atoms with Crippen molar-refractivity contribution < 1.29 is 14.6 Å². The van der Waals surface area contributed by atoms with Gasteiger partial charge in [-0.3, -0.25) is 4.40 Å². The smallest absolute Gasteiger partial charge is 0.358 e. The van der Waals surface area contributed by atoms with Gasteiger partial charge in [-0.15, -0.1) is 11.3 Å². The van der Waals surface area contributed by atoms with E-state index in [9.17, 15) is 9.90 Å². The van der Waals surface area contributed by atoms with Gasteiger partial charge in [0.15, 0.2) is 10.7 Å². The lowest BCUT2D eigenvalue weighted by Crippen LogP contribution is -2.03. The van der Waals surface area contributed by atoms with Gasteiger partial charge < -0.3 is 9.84 Å². The minimum absolute atomic E-state index is 0.0461. The first kappa shape index (κ1) is 13.6. The van der Waals surface area contributed by atoms with E-state index in [0.717, 1.165) is 16.7 Å². The highest BCUT2D eigenvalue weighted by Crippen LogP contribution is 2.31. The Bertz CT molecular complexity index is 848. The number of fused-ring (bicyclic) bond motifs is 1. The molecule has 0 radical (unpaired) electrons. The molecule has 0 fully saturated rings. The second-order valence-corrected chi connectivity index (χ2v) is 5.81. The summed E-state index contributed by atoms with van der Waals surface area (Å²) in [5.41, 5.74) is 3.19. The zero-order valence-electron chi connectivity index (χ0n) is 11.9. The molecule has 3 rings (SSSR count). The van der Waals surface area contributed by atoms with Crippen LogP contribution in [0.3, 0.4) is 0 Å². The van der Waals surface area contributed by atoms with Crippen molar-refractivity contribution in [1.29, 1.82) is 0 Å². The Balaban J connectivity index is 2.12. The number of hydrogen-bond acceptors (Lipinski definition) is 4. The summed E-state index contributed by atoms with van der Waals surface area (Å²) in [7, 11) is 0. The molecule has 0 bridgehead atoms. The Morgan fingerprint density at radius 3 is 2.81 bits per heavy atom. The van der Waals surface area contributed by atoms with Crippen LogP contribution in [0.5, 0.6) is 11.6 Å². The summed E-state index contributed by atoms with van der Waals surface area (Å²) in [4.78, 5) is 16.3. The second kappa shape index (κ2) is 4.89. The number of benzene rings is 1. The minimum atomic E-state index is -1.06. The van der Waals surface area contributed by atoms with E-state index in [1.54, 1.807) is 11.6 Å². The van der Waals surface area contributed by atoms with E-state index in [2.05, 4.69) is 11.1 Å². The number of imidazole rings is 1. The van der Waals surface area contributed by atoms with Crippen molar-refractivity contribution in [3.05, 3.63) is 46.1 Å². The number of nitrogens with zero attached hydrogens (tertiary/aromatic N) is 2. The molecule has 5 nitrogen and oxygen atoms in total. The molecule has 0 amide bonds. The maximum absolute atomic E-state index is 11.5. The number of rotatable bonds is 3. The van der Waals surface area contributed by atoms with E-state index in [4.69, 9.17) is 4.74 Å². The second-order valence-electron chi connectivity index (χ2n) is 4.93. The molecule has 108 valence electrons. The number of carboxylic acid groups (broad SMARTS) is 1. The van der Waals surface area contributed by atoms with Crippen molar-refractivity contribution in [2.75, 3.05) is 0 Å². The molecule has 0 atom stereocenters. The minimum Gasteiger partial charge on any atom is -0.476 e.